The number of pyridine rings is 1. The number of nitrogens with zero attached hydrogens (tertiary/aromatic N) is 1. The molecule has 17 heavy (non-hydrogen) atoms. The van der Waals surface area contributed by atoms with Crippen LogP contribution >= 0.6 is 0 Å². The minimum absolute atomic E-state index is 0.0746. The fourth-order valence-corrected chi connectivity index (χ4v) is 1.33. The molecule has 0 bridgehead atoms. The fraction of sp³-hybridized carbons (Fsp3) is 0.455. The highest BCUT2D eigenvalue weighted by Gasteiger charge is 2.29. The molecule has 0 aromatic carbocycles. The van der Waals surface area contributed by atoms with Gasteiger partial charge in [0.25, 0.3) is 0 Å². The zero-order chi connectivity index (χ0) is 13.0. The largest absolute Gasteiger partial charge is 0.464 e. The highest BCUT2D eigenvalue weighted by atomic mass is 16.5. The lowest BCUT2D eigenvalue weighted by Crippen LogP contribution is -2.31. The highest BCUT2D eigenvalue weighted by molar-refractivity contribution is 5.75. The SMILES string of the molecule is CCOC(=O)C(O)C(O)c1nc(C)ccc1N. The van der Waals surface area contributed by atoms with Gasteiger partial charge in [0, 0.05) is 5.69 Å². The number of nitrogen functional groups attached to an aromatic ring is 1. The number of carbonyl (C=O) groups is 1. The maximum Gasteiger partial charge on any atom is 0.338 e. The monoisotopic (exact) mass is 240 g/mol. The van der Waals surface area contributed by atoms with Crippen molar-refractivity contribution in [1.82, 2.24) is 4.98 Å². The lowest BCUT2D eigenvalue weighted by atomic mass is 10.1. The Bertz CT molecular complexity index is 408. The molecular weight excluding hydrogens is 224 g/mol. The zero-order valence-corrected chi connectivity index (χ0v) is 9.75. The molecule has 2 unspecified atom stereocenters. The Labute approximate surface area is 99.0 Å². The van der Waals surface area contributed by atoms with Gasteiger partial charge in [-0.1, -0.05) is 0 Å². The van der Waals surface area contributed by atoms with Gasteiger partial charge in [0.05, 0.1) is 18.0 Å². The van der Waals surface area contributed by atoms with Crippen LogP contribution in [0, 0.1) is 6.92 Å². The summed E-state index contributed by atoms with van der Waals surface area (Å²) in [5.41, 5.74) is 6.53. The van der Waals surface area contributed by atoms with Crippen molar-refractivity contribution in [3.8, 4) is 0 Å². The molecule has 1 aromatic heterocycles. The van der Waals surface area contributed by atoms with E-state index < -0.39 is 18.2 Å². The topological polar surface area (TPSA) is 106 Å². The van der Waals surface area contributed by atoms with E-state index in [2.05, 4.69) is 9.72 Å². The number of aliphatic hydroxyl groups is 2. The first-order valence-electron chi connectivity index (χ1n) is 5.23. The summed E-state index contributed by atoms with van der Waals surface area (Å²) >= 11 is 0. The fourth-order valence-electron chi connectivity index (χ4n) is 1.33. The number of esters is 1. The molecule has 1 heterocycles. The Hall–Kier alpha value is -1.66. The van der Waals surface area contributed by atoms with Crippen LogP contribution < -0.4 is 5.73 Å². The molecule has 1 rings (SSSR count). The predicted molar refractivity (Wildman–Crippen MR) is 61.0 cm³/mol. The number of carbonyl (C=O) groups excluding carboxylic acids is 1. The molecule has 0 aliphatic carbocycles. The van der Waals surface area contributed by atoms with Crippen LogP contribution in [0.15, 0.2) is 12.1 Å². The Morgan fingerprint density at radius 2 is 2.18 bits per heavy atom. The van der Waals surface area contributed by atoms with Crippen molar-refractivity contribution in [3.63, 3.8) is 0 Å². The minimum atomic E-state index is -1.69. The van der Waals surface area contributed by atoms with Crippen molar-refractivity contribution in [2.24, 2.45) is 0 Å². The first-order valence-corrected chi connectivity index (χ1v) is 5.23. The van der Waals surface area contributed by atoms with Crippen LogP contribution in [0.3, 0.4) is 0 Å². The molecule has 94 valence electrons. The molecule has 6 heteroatoms. The van der Waals surface area contributed by atoms with Gasteiger partial charge in [0.2, 0.25) is 0 Å². The van der Waals surface area contributed by atoms with Crippen LogP contribution in [0.4, 0.5) is 5.69 Å². The molecule has 2 atom stereocenters. The predicted octanol–water partition coefficient (Wildman–Crippen LogP) is -0.0704. The van der Waals surface area contributed by atoms with E-state index in [1.165, 1.54) is 0 Å². The Balaban J connectivity index is 2.91. The molecule has 0 saturated heterocycles. The van der Waals surface area contributed by atoms with E-state index in [1.807, 2.05) is 0 Å². The van der Waals surface area contributed by atoms with Gasteiger partial charge in [0.15, 0.2) is 6.10 Å². The van der Waals surface area contributed by atoms with Crippen molar-refractivity contribution in [2.75, 3.05) is 12.3 Å². The molecule has 0 saturated carbocycles. The van der Waals surface area contributed by atoms with E-state index >= 15 is 0 Å². The lowest BCUT2D eigenvalue weighted by Gasteiger charge is -2.17. The van der Waals surface area contributed by atoms with Gasteiger partial charge in [0.1, 0.15) is 6.10 Å². The number of aryl methyl sites for hydroxylation is 1. The van der Waals surface area contributed by atoms with E-state index in [1.54, 1.807) is 26.0 Å². The summed E-state index contributed by atoms with van der Waals surface area (Å²) in [4.78, 5) is 15.2. The lowest BCUT2D eigenvalue weighted by molar-refractivity contribution is -0.159. The standard InChI is InChI=1S/C11H16N2O4/c1-3-17-11(16)10(15)9(14)8-7(12)5-4-6(2)13-8/h4-5,9-10,14-15H,3,12H2,1-2H3. The molecule has 1 aromatic rings. The van der Waals surface area contributed by atoms with Crippen LogP contribution in [-0.2, 0) is 9.53 Å². The Morgan fingerprint density at radius 1 is 1.53 bits per heavy atom. The number of ether oxygens (including phenoxy) is 1. The zero-order valence-electron chi connectivity index (χ0n) is 9.75. The van der Waals surface area contributed by atoms with Crippen molar-refractivity contribution in [2.45, 2.75) is 26.1 Å². The van der Waals surface area contributed by atoms with Crippen LogP contribution in [0.25, 0.3) is 0 Å². The molecular formula is C11H16N2O4. The quantitative estimate of drug-likeness (QED) is 0.636. The van der Waals surface area contributed by atoms with Crippen LogP contribution in [0.5, 0.6) is 0 Å². The van der Waals surface area contributed by atoms with Crippen molar-refractivity contribution >= 4 is 11.7 Å². The number of anilines is 1. The molecule has 0 aliphatic heterocycles. The molecule has 0 spiro atoms. The van der Waals surface area contributed by atoms with Crippen molar-refractivity contribution in [3.05, 3.63) is 23.5 Å². The summed E-state index contributed by atoms with van der Waals surface area (Å²) in [7, 11) is 0. The third-order valence-electron chi connectivity index (χ3n) is 2.20. The number of aromatic nitrogens is 1. The minimum Gasteiger partial charge on any atom is -0.464 e. The number of nitrogens with two attached hydrogens (primary N) is 1. The maximum atomic E-state index is 11.3. The van der Waals surface area contributed by atoms with Crippen LogP contribution in [0.1, 0.15) is 24.4 Å². The smallest absolute Gasteiger partial charge is 0.338 e. The molecule has 6 nitrogen and oxygen atoms in total. The van der Waals surface area contributed by atoms with Gasteiger partial charge in [-0.25, -0.2) is 4.79 Å². The summed E-state index contributed by atoms with van der Waals surface area (Å²) in [5, 5.41) is 19.4. The van der Waals surface area contributed by atoms with Gasteiger partial charge in [-0.05, 0) is 26.0 Å². The van der Waals surface area contributed by atoms with E-state index in [0.29, 0.717) is 5.69 Å². The number of aliphatic hydroxyl groups excluding tert-OH is 2. The van der Waals surface area contributed by atoms with Crippen molar-refractivity contribution < 1.29 is 19.7 Å². The summed E-state index contributed by atoms with van der Waals surface area (Å²) < 4.78 is 4.60. The van der Waals surface area contributed by atoms with Gasteiger partial charge in [-0.3, -0.25) is 4.98 Å². The second-order valence-corrected chi connectivity index (χ2v) is 3.57. The van der Waals surface area contributed by atoms with Gasteiger partial charge in [-0.15, -0.1) is 0 Å². The number of rotatable bonds is 4. The van der Waals surface area contributed by atoms with Crippen molar-refractivity contribution in [1.29, 1.82) is 0 Å². The third-order valence-corrected chi connectivity index (χ3v) is 2.20. The third kappa shape index (κ3) is 3.15. The highest BCUT2D eigenvalue weighted by Crippen LogP contribution is 2.22. The Morgan fingerprint density at radius 3 is 2.76 bits per heavy atom. The van der Waals surface area contributed by atoms with E-state index in [4.69, 9.17) is 5.73 Å². The number of hydrogen-bond donors (Lipinski definition) is 3. The average Bonchev–Trinajstić information content (AvgIpc) is 2.30. The molecule has 0 aliphatic rings. The molecule has 0 fully saturated rings. The molecule has 0 radical (unpaired) electrons. The van der Waals surface area contributed by atoms with Gasteiger partial charge < -0.3 is 20.7 Å². The van der Waals surface area contributed by atoms with Gasteiger partial charge in [-0.2, -0.15) is 0 Å². The summed E-state index contributed by atoms with van der Waals surface area (Å²) in [6.45, 7) is 3.45. The van der Waals surface area contributed by atoms with Crippen LogP contribution in [-0.4, -0.2) is 33.9 Å². The van der Waals surface area contributed by atoms with Gasteiger partial charge >= 0.3 is 5.97 Å². The average molecular weight is 240 g/mol. The van der Waals surface area contributed by atoms with E-state index in [9.17, 15) is 15.0 Å². The summed E-state index contributed by atoms with van der Waals surface area (Å²) in [5.74, 6) is -0.900. The summed E-state index contributed by atoms with van der Waals surface area (Å²) in [6.07, 6.45) is -3.18. The number of hydrogen-bond acceptors (Lipinski definition) is 6. The Kier molecular flexibility index (Phi) is 4.42. The maximum absolute atomic E-state index is 11.3. The second kappa shape index (κ2) is 5.60. The van der Waals surface area contributed by atoms with Crippen LogP contribution in [0.2, 0.25) is 0 Å². The first kappa shape index (κ1) is 13.4. The summed E-state index contributed by atoms with van der Waals surface area (Å²) in [6, 6.07) is 3.22. The molecule has 4 N–H and O–H groups in total. The first-order chi connectivity index (χ1) is 7.97. The van der Waals surface area contributed by atoms with E-state index in [0.717, 1.165) is 0 Å². The second-order valence-electron chi connectivity index (χ2n) is 3.57. The normalized spacial score (nSPS) is 14.1. The van der Waals surface area contributed by atoms with E-state index in [-0.39, 0.29) is 18.0 Å². The molecule has 0 amide bonds.